The van der Waals surface area contributed by atoms with Crippen molar-refractivity contribution in [1.82, 2.24) is 14.5 Å². The van der Waals surface area contributed by atoms with E-state index in [2.05, 4.69) is 15.9 Å². The second-order valence-corrected chi connectivity index (χ2v) is 6.75. The van der Waals surface area contributed by atoms with Crippen molar-refractivity contribution >= 4 is 16.9 Å². The Morgan fingerprint density at radius 2 is 2.10 bits per heavy atom. The summed E-state index contributed by atoms with van der Waals surface area (Å²) >= 11 is 0. The average molecular weight is 433 g/mol. The minimum absolute atomic E-state index is 0.00391. The standard InChI is InChI=1S/C21H18F3N3O4/c1-4-31-19(29)15-12(2)26-17-16(15)13(11-27(3)18(17)28)7-8-20(30,21(22,23)24)14-6-5-9-25-10-14/h5-6,9-11,26,30H,4H2,1-3H3. The number of hydrogen-bond donors (Lipinski definition) is 2. The summed E-state index contributed by atoms with van der Waals surface area (Å²) in [6.45, 7) is 3.19. The minimum Gasteiger partial charge on any atom is -0.462 e. The number of carbonyl (C=O) groups is 1. The monoisotopic (exact) mass is 433 g/mol. The summed E-state index contributed by atoms with van der Waals surface area (Å²) in [5, 5.41) is 10.5. The Bertz CT molecular complexity index is 1270. The van der Waals surface area contributed by atoms with E-state index in [1.165, 1.54) is 32.4 Å². The third kappa shape index (κ3) is 3.80. The van der Waals surface area contributed by atoms with Gasteiger partial charge in [0.05, 0.1) is 17.7 Å². The number of rotatable bonds is 3. The number of nitrogens with zero attached hydrogens (tertiary/aromatic N) is 2. The first-order chi connectivity index (χ1) is 14.5. The predicted octanol–water partition coefficient (Wildman–Crippen LogP) is 2.55. The van der Waals surface area contributed by atoms with Gasteiger partial charge in [0.25, 0.3) is 5.56 Å². The number of aliphatic hydroxyl groups is 1. The van der Waals surface area contributed by atoms with Crippen LogP contribution < -0.4 is 5.56 Å². The fourth-order valence-corrected chi connectivity index (χ4v) is 3.14. The predicted molar refractivity (Wildman–Crippen MR) is 105 cm³/mol. The lowest BCUT2D eigenvalue weighted by molar-refractivity contribution is -0.240. The summed E-state index contributed by atoms with van der Waals surface area (Å²) in [4.78, 5) is 31.3. The smallest absolute Gasteiger partial charge is 0.433 e. The van der Waals surface area contributed by atoms with Crippen molar-refractivity contribution in [3.05, 3.63) is 63.5 Å². The Morgan fingerprint density at radius 3 is 2.68 bits per heavy atom. The average Bonchev–Trinajstić information content (AvgIpc) is 3.07. The molecule has 0 bridgehead atoms. The molecule has 1 unspecified atom stereocenters. The molecule has 1 atom stereocenters. The van der Waals surface area contributed by atoms with Crippen LogP contribution in [0.15, 0.2) is 35.5 Å². The Morgan fingerprint density at radius 1 is 1.39 bits per heavy atom. The van der Waals surface area contributed by atoms with Crippen LogP contribution in [0.5, 0.6) is 0 Å². The maximum atomic E-state index is 13.7. The van der Waals surface area contributed by atoms with Gasteiger partial charge in [0.2, 0.25) is 5.60 Å². The zero-order chi connectivity index (χ0) is 23.0. The van der Waals surface area contributed by atoms with Gasteiger partial charge in [-0.15, -0.1) is 0 Å². The first kappa shape index (κ1) is 22.1. The summed E-state index contributed by atoms with van der Waals surface area (Å²) in [5.74, 6) is 3.44. The molecule has 0 radical (unpaired) electrons. The highest BCUT2D eigenvalue weighted by Crippen LogP contribution is 2.38. The summed E-state index contributed by atoms with van der Waals surface area (Å²) in [6.07, 6.45) is -1.81. The van der Waals surface area contributed by atoms with Crippen LogP contribution in [0, 0.1) is 18.8 Å². The third-order valence-electron chi connectivity index (χ3n) is 4.66. The SMILES string of the molecule is CCOC(=O)c1c(C)[nH]c2c(=O)n(C)cc(C#CC(O)(c3cccnc3)C(F)(F)F)c12. The van der Waals surface area contributed by atoms with Gasteiger partial charge >= 0.3 is 12.1 Å². The van der Waals surface area contributed by atoms with E-state index in [9.17, 15) is 27.9 Å². The van der Waals surface area contributed by atoms with Gasteiger partial charge in [-0.05, 0) is 25.8 Å². The molecule has 3 aromatic rings. The number of hydrogen-bond acceptors (Lipinski definition) is 5. The van der Waals surface area contributed by atoms with Crippen LogP contribution in [0.2, 0.25) is 0 Å². The van der Waals surface area contributed by atoms with Gasteiger partial charge in [-0.2, -0.15) is 13.2 Å². The van der Waals surface area contributed by atoms with Crippen LogP contribution in [0.1, 0.15) is 34.1 Å². The maximum absolute atomic E-state index is 13.7. The molecule has 3 rings (SSSR count). The first-order valence-corrected chi connectivity index (χ1v) is 9.13. The Balaban J connectivity index is 2.32. The van der Waals surface area contributed by atoms with E-state index in [0.717, 1.165) is 16.8 Å². The van der Waals surface area contributed by atoms with E-state index in [0.29, 0.717) is 5.69 Å². The normalized spacial score (nSPS) is 13.4. The zero-order valence-electron chi connectivity index (χ0n) is 16.8. The van der Waals surface area contributed by atoms with Gasteiger partial charge in [0.15, 0.2) is 0 Å². The number of aromatic amines is 1. The molecular weight excluding hydrogens is 415 g/mol. The van der Waals surface area contributed by atoms with Crippen LogP contribution in [0.4, 0.5) is 13.2 Å². The van der Waals surface area contributed by atoms with E-state index in [1.54, 1.807) is 6.92 Å². The molecule has 2 N–H and O–H groups in total. The zero-order valence-corrected chi connectivity index (χ0v) is 16.8. The molecule has 0 aliphatic rings. The molecule has 7 nitrogen and oxygen atoms in total. The molecule has 0 saturated carbocycles. The number of alkyl halides is 3. The maximum Gasteiger partial charge on any atom is 0.433 e. The number of fused-ring (bicyclic) bond motifs is 1. The summed E-state index contributed by atoms with van der Waals surface area (Å²) in [6, 6.07) is 2.29. The second-order valence-electron chi connectivity index (χ2n) is 6.75. The summed E-state index contributed by atoms with van der Waals surface area (Å²) < 4.78 is 47.4. The van der Waals surface area contributed by atoms with E-state index in [4.69, 9.17) is 4.74 Å². The largest absolute Gasteiger partial charge is 0.462 e. The van der Waals surface area contributed by atoms with Crippen molar-refractivity contribution in [2.45, 2.75) is 25.6 Å². The number of carbonyl (C=O) groups excluding carboxylic acids is 1. The Labute approximate surface area is 174 Å². The molecule has 31 heavy (non-hydrogen) atoms. The molecule has 0 amide bonds. The van der Waals surface area contributed by atoms with Crippen molar-refractivity contribution in [2.75, 3.05) is 6.61 Å². The second kappa shape index (κ2) is 7.92. The summed E-state index contributed by atoms with van der Waals surface area (Å²) in [7, 11) is 1.39. The molecule has 0 aromatic carbocycles. The molecule has 3 heterocycles. The van der Waals surface area contributed by atoms with E-state index in [1.807, 2.05) is 5.92 Å². The topological polar surface area (TPSA) is 97.2 Å². The van der Waals surface area contributed by atoms with Crippen molar-refractivity contribution in [1.29, 1.82) is 0 Å². The number of esters is 1. The van der Waals surface area contributed by atoms with Gasteiger partial charge in [-0.25, -0.2) is 4.79 Å². The molecule has 10 heteroatoms. The van der Waals surface area contributed by atoms with Gasteiger partial charge in [0, 0.05) is 42.3 Å². The molecule has 3 aromatic heterocycles. The van der Waals surface area contributed by atoms with Crippen molar-refractivity contribution in [3.8, 4) is 11.8 Å². The lowest BCUT2D eigenvalue weighted by atomic mass is 9.94. The highest BCUT2D eigenvalue weighted by atomic mass is 19.4. The van der Waals surface area contributed by atoms with E-state index < -0.39 is 28.9 Å². The number of halogens is 3. The molecule has 0 aliphatic carbocycles. The van der Waals surface area contributed by atoms with Gasteiger partial charge in [-0.3, -0.25) is 9.78 Å². The van der Waals surface area contributed by atoms with Crippen LogP contribution in [-0.4, -0.2) is 38.4 Å². The highest BCUT2D eigenvalue weighted by Gasteiger charge is 2.54. The summed E-state index contributed by atoms with van der Waals surface area (Å²) in [5.41, 5.74) is -4.35. The fraction of sp³-hybridized carbons (Fsp3) is 0.286. The third-order valence-corrected chi connectivity index (χ3v) is 4.66. The van der Waals surface area contributed by atoms with Crippen LogP contribution in [-0.2, 0) is 17.4 Å². The lowest BCUT2D eigenvalue weighted by Crippen LogP contribution is -2.41. The number of ether oxygens (including phenoxy) is 1. The van der Waals surface area contributed by atoms with Crippen molar-refractivity contribution in [3.63, 3.8) is 0 Å². The number of aromatic nitrogens is 3. The first-order valence-electron chi connectivity index (χ1n) is 9.13. The molecular formula is C21H18F3N3O4. The highest BCUT2D eigenvalue weighted by molar-refractivity contribution is 6.07. The van der Waals surface area contributed by atoms with Crippen molar-refractivity contribution < 1.29 is 27.8 Å². The number of H-pyrrole nitrogens is 1. The number of pyridine rings is 2. The Kier molecular flexibility index (Phi) is 5.65. The fourth-order valence-electron chi connectivity index (χ4n) is 3.14. The quantitative estimate of drug-likeness (QED) is 0.489. The van der Waals surface area contributed by atoms with E-state index in [-0.39, 0.29) is 28.6 Å². The molecule has 0 fully saturated rings. The number of nitrogens with one attached hydrogen (secondary N) is 1. The Hall–Kier alpha value is -3.58. The van der Waals surface area contributed by atoms with Gasteiger partial charge in [-0.1, -0.05) is 12.0 Å². The van der Waals surface area contributed by atoms with Crippen LogP contribution in [0.25, 0.3) is 10.9 Å². The molecule has 0 spiro atoms. The van der Waals surface area contributed by atoms with Gasteiger partial charge < -0.3 is 19.4 Å². The molecule has 0 aliphatic heterocycles. The van der Waals surface area contributed by atoms with Gasteiger partial charge in [0.1, 0.15) is 5.52 Å². The minimum atomic E-state index is -5.14. The number of aryl methyl sites for hydroxylation is 2. The lowest BCUT2D eigenvalue weighted by Gasteiger charge is -2.25. The van der Waals surface area contributed by atoms with Crippen LogP contribution >= 0.6 is 0 Å². The van der Waals surface area contributed by atoms with Crippen LogP contribution in [0.3, 0.4) is 0 Å². The van der Waals surface area contributed by atoms with Crippen molar-refractivity contribution in [2.24, 2.45) is 7.05 Å². The molecule has 162 valence electrons. The molecule has 0 saturated heterocycles. The van der Waals surface area contributed by atoms with E-state index >= 15 is 0 Å².